The van der Waals surface area contributed by atoms with Crippen molar-refractivity contribution >= 4 is 5.91 Å². The van der Waals surface area contributed by atoms with E-state index in [-0.39, 0.29) is 12.0 Å². The van der Waals surface area contributed by atoms with E-state index in [9.17, 15) is 4.79 Å². The summed E-state index contributed by atoms with van der Waals surface area (Å²) in [6.07, 6.45) is 2.98. The first-order chi connectivity index (χ1) is 7.95. The lowest BCUT2D eigenvalue weighted by molar-refractivity contribution is -0.137. The molecule has 1 aliphatic rings. The third kappa shape index (κ3) is 3.98. The van der Waals surface area contributed by atoms with Gasteiger partial charge in [0.15, 0.2) is 0 Å². The third-order valence-electron chi connectivity index (χ3n) is 3.89. The van der Waals surface area contributed by atoms with Crippen LogP contribution >= 0.6 is 0 Å². The summed E-state index contributed by atoms with van der Waals surface area (Å²) in [6.45, 7) is 10.3. The van der Waals surface area contributed by atoms with Crippen molar-refractivity contribution in [1.29, 1.82) is 0 Å². The molecule has 0 saturated heterocycles. The first-order valence-corrected chi connectivity index (χ1v) is 7.00. The normalized spacial score (nSPS) is 29.4. The molecule has 0 radical (unpaired) electrons. The van der Waals surface area contributed by atoms with Crippen molar-refractivity contribution in [3.05, 3.63) is 0 Å². The first-order valence-electron chi connectivity index (χ1n) is 7.00. The minimum atomic E-state index is 0.167. The second-order valence-corrected chi connectivity index (χ2v) is 5.92. The zero-order valence-electron chi connectivity index (χ0n) is 11.8. The molecule has 3 atom stereocenters. The Bertz CT molecular complexity index is 253. The molecular weight excluding hydrogens is 212 g/mol. The molecule has 0 spiro atoms. The van der Waals surface area contributed by atoms with Gasteiger partial charge >= 0.3 is 0 Å². The number of hydrogen-bond donors (Lipinski definition) is 1. The van der Waals surface area contributed by atoms with E-state index in [0.29, 0.717) is 17.7 Å². The lowest BCUT2D eigenvalue weighted by Gasteiger charge is -2.34. The summed E-state index contributed by atoms with van der Waals surface area (Å²) in [6, 6.07) is 0.204. The average molecular weight is 240 g/mol. The van der Waals surface area contributed by atoms with Gasteiger partial charge in [-0.15, -0.1) is 0 Å². The highest BCUT2D eigenvalue weighted by molar-refractivity contribution is 5.79. The standard InChI is InChI=1S/C14H28N2O/c1-5-16(9-10(2)3)14(17)12-7-6-11(4)13(15)8-12/h10-13H,5-9,15H2,1-4H3. The van der Waals surface area contributed by atoms with Crippen LogP contribution in [-0.2, 0) is 4.79 Å². The minimum absolute atomic E-state index is 0.167. The lowest BCUT2D eigenvalue weighted by atomic mass is 9.79. The highest BCUT2D eigenvalue weighted by atomic mass is 16.2. The van der Waals surface area contributed by atoms with Crippen molar-refractivity contribution < 1.29 is 4.79 Å². The fraction of sp³-hybridized carbons (Fsp3) is 0.929. The molecule has 2 N–H and O–H groups in total. The number of rotatable bonds is 4. The molecule has 3 nitrogen and oxygen atoms in total. The molecule has 1 saturated carbocycles. The highest BCUT2D eigenvalue weighted by Gasteiger charge is 2.31. The van der Waals surface area contributed by atoms with Gasteiger partial charge in [-0.3, -0.25) is 4.79 Å². The fourth-order valence-electron chi connectivity index (χ4n) is 2.66. The maximum atomic E-state index is 12.4. The van der Waals surface area contributed by atoms with Gasteiger partial charge in [0.25, 0.3) is 0 Å². The number of amides is 1. The van der Waals surface area contributed by atoms with Crippen LogP contribution in [0.2, 0.25) is 0 Å². The van der Waals surface area contributed by atoms with Crippen LogP contribution in [0.1, 0.15) is 47.0 Å². The van der Waals surface area contributed by atoms with Crippen LogP contribution in [0.3, 0.4) is 0 Å². The molecule has 0 bridgehead atoms. The van der Waals surface area contributed by atoms with E-state index in [1.165, 1.54) is 0 Å². The van der Waals surface area contributed by atoms with Crippen molar-refractivity contribution in [2.45, 2.75) is 53.0 Å². The van der Waals surface area contributed by atoms with Crippen molar-refractivity contribution in [2.75, 3.05) is 13.1 Å². The van der Waals surface area contributed by atoms with Gasteiger partial charge in [0.2, 0.25) is 5.91 Å². The van der Waals surface area contributed by atoms with Gasteiger partial charge in [-0.1, -0.05) is 20.8 Å². The van der Waals surface area contributed by atoms with Gasteiger partial charge in [0, 0.05) is 25.0 Å². The van der Waals surface area contributed by atoms with E-state index in [1.807, 2.05) is 4.90 Å². The molecule has 17 heavy (non-hydrogen) atoms. The molecule has 1 fully saturated rings. The van der Waals surface area contributed by atoms with Gasteiger partial charge in [-0.2, -0.15) is 0 Å². The predicted octanol–water partition coefficient (Wildman–Crippen LogP) is 2.25. The molecule has 1 rings (SSSR count). The maximum Gasteiger partial charge on any atom is 0.225 e. The topological polar surface area (TPSA) is 46.3 Å². The van der Waals surface area contributed by atoms with Gasteiger partial charge in [0.05, 0.1) is 0 Å². The summed E-state index contributed by atoms with van der Waals surface area (Å²) < 4.78 is 0. The summed E-state index contributed by atoms with van der Waals surface area (Å²) in [7, 11) is 0. The molecule has 100 valence electrons. The molecule has 3 heteroatoms. The Labute approximate surface area is 106 Å². The molecule has 0 aliphatic heterocycles. The zero-order chi connectivity index (χ0) is 13.0. The minimum Gasteiger partial charge on any atom is -0.342 e. The Balaban J connectivity index is 2.56. The van der Waals surface area contributed by atoms with E-state index in [0.717, 1.165) is 32.4 Å². The van der Waals surface area contributed by atoms with E-state index >= 15 is 0 Å². The van der Waals surface area contributed by atoms with Gasteiger partial charge in [0.1, 0.15) is 0 Å². The monoisotopic (exact) mass is 240 g/mol. The van der Waals surface area contributed by atoms with Crippen LogP contribution in [0.15, 0.2) is 0 Å². The Morgan fingerprint density at radius 3 is 2.53 bits per heavy atom. The number of nitrogens with zero attached hydrogens (tertiary/aromatic N) is 1. The van der Waals surface area contributed by atoms with Crippen molar-refractivity contribution in [1.82, 2.24) is 4.90 Å². The van der Waals surface area contributed by atoms with Crippen LogP contribution in [0.5, 0.6) is 0 Å². The summed E-state index contributed by atoms with van der Waals surface area (Å²) in [4.78, 5) is 14.4. The third-order valence-corrected chi connectivity index (χ3v) is 3.89. The van der Waals surface area contributed by atoms with Crippen molar-refractivity contribution in [3.63, 3.8) is 0 Å². The Morgan fingerprint density at radius 2 is 2.06 bits per heavy atom. The van der Waals surface area contributed by atoms with Gasteiger partial charge in [-0.05, 0) is 38.0 Å². The second kappa shape index (κ2) is 6.39. The summed E-state index contributed by atoms with van der Waals surface area (Å²) in [5.41, 5.74) is 6.08. The van der Waals surface area contributed by atoms with Gasteiger partial charge < -0.3 is 10.6 Å². The molecule has 3 unspecified atom stereocenters. The Hall–Kier alpha value is -0.570. The van der Waals surface area contributed by atoms with Crippen LogP contribution < -0.4 is 5.73 Å². The van der Waals surface area contributed by atoms with Crippen molar-refractivity contribution in [3.8, 4) is 0 Å². The number of hydrogen-bond acceptors (Lipinski definition) is 2. The SMILES string of the molecule is CCN(CC(C)C)C(=O)C1CCC(C)C(N)C1. The van der Waals surface area contributed by atoms with E-state index in [1.54, 1.807) is 0 Å². The predicted molar refractivity (Wildman–Crippen MR) is 71.6 cm³/mol. The Kier molecular flexibility index (Phi) is 5.44. The molecule has 0 aromatic carbocycles. The molecule has 0 aromatic rings. The largest absolute Gasteiger partial charge is 0.342 e. The van der Waals surface area contributed by atoms with E-state index in [2.05, 4.69) is 27.7 Å². The molecule has 0 aromatic heterocycles. The van der Waals surface area contributed by atoms with Crippen LogP contribution in [-0.4, -0.2) is 29.9 Å². The van der Waals surface area contributed by atoms with E-state index < -0.39 is 0 Å². The highest BCUT2D eigenvalue weighted by Crippen LogP contribution is 2.29. The number of carbonyl (C=O) groups excluding carboxylic acids is 1. The average Bonchev–Trinajstić information content (AvgIpc) is 2.28. The Morgan fingerprint density at radius 1 is 1.41 bits per heavy atom. The maximum absolute atomic E-state index is 12.4. The van der Waals surface area contributed by atoms with Crippen LogP contribution in [0.25, 0.3) is 0 Å². The molecule has 0 heterocycles. The second-order valence-electron chi connectivity index (χ2n) is 5.92. The quantitative estimate of drug-likeness (QED) is 0.819. The summed E-state index contributed by atoms with van der Waals surface area (Å²) in [5.74, 6) is 1.60. The zero-order valence-corrected chi connectivity index (χ0v) is 11.8. The van der Waals surface area contributed by atoms with Crippen LogP contribution in [0, 0.1) is 17.8 Å². The van der Waals surface area contributed by atoms with Crippen molar-refractivity contribution in [2.24, 2.45) is 23.5 Å². The number of carbonyl (C=O) groups is 1. The lowest BCUT2D eigenvalue weighted by Crippen LogP contribution is -2.44. The molecule has 1 amide bonds. The van der Waals surface area contributed by atoms with Gasteiger partial charge in [-0.25, -0.2) is 0 Å². The number of nitrogens with two attached hydrogens (primary N) is 1. The fourth-order valence-corrected chi connectivity index (χ4v) is 2.66. The summed E-state index contributed by atoms with van der Waals surface area (Å²) >= 11 is 0. The molecular formula is C14H28N2O. The van der Waals surface area contributed by atoms with Crippen LogP contribution in [0.4, 0.5) is 0 Å². The molecule has 1 aliphatic carbocycles. The first kappa shape index (κ1) is 14.5. The smallest absolute Gasteiger partial charge is 0.225 e. The van der Waals surface area contributed by atoms with E-state index in [4.69, 9.17) is 5.73 Å². The summed E-state index contributed by atoms with van der Waals surface area (Å²) in [5, 5.41) is 0.